The van der Waals surface area contributed by atoms with Gasteiger partial charge in [-0.1, -0.05) is 0 Å². The van der Waals surface area contributed by atoms with Gasteiger partial charge in [0.15, 0.2) is 6.61 Å². The van der Waals surface area contributed by atoms with Gasteiger partial charge in [-0.25, -0.2) is 4.79 Å². The minimum absolute atomic E-state index is 0.0644. The number of nitrogens with zero attached hydrogens (tertiary/aromatic N) is 2. The van der Waals surface area contributed by atoms with Crippen molar-refractivity contribution in [3.8, 4) is 6.07 Å². The number of benzene rings is 1. The molecule has 1 atom stereocenters. The van der Waals surface area contributed by atoms with Gasteiger partial charge in [-0.3, -0.25) is 14.9 Å². The van der Waals surface area contributed by atoms with E-state index in [1.165, 1.54) is 18.2 Å². The van der Waals surface area contributed by atoms with Crippen molar-refractivity contribution in [2.45, 2.75) is 25.3 Å². The third kappa shape index (κ3) is 3.65. The number of thiophene rings is 1. The predicted molar refractivity (Wildman–Crippen MR) is 93.6 cm³/mol. The maximum absolute atomic E-state index is 12.1. The number of nitro groups is 1. The average Bonchev–Trinajstić information content (AvgIpc) is 3.38. The molecule has 1 amide bonds. The Labute approximate surface area is 152 Å². The van der Waals surface area contributed by atoms with E-state index < -0.39 is 28.9 Å². The van der Waals surface area contributed by atoms with Crippen LogP contribution in [-0.4, -0.2) is 28.9 Å². The minimum atomic E-state index is -0.944. The van der Waals surface area contributed by atoms with Crippen molar-refractivity contribution in [1.29, 1.82) is 5.26 Å². The number of nitriles is 1. The second-order valence-corrected chi connectivity index (χ2v) is 7.39. The zero-order chi connectivity index (χ0) is 18.9. The smallest absolute Gasteiger partial charge is 0.348 e. The van der Waals surface area contributed by atoms with Crippen LogP contribution in [0.3, 0.4) is 0 Å². The molecule has 8 nitrogen and oxygen atoms in total. The highest BCUT2D eigenvalue weighted by Gasteiger charge is 2.43. The molecule has 0 saturated heterocycles. The van der Waals surface area contributed by atoms with E-state index in [9.17, 15) is 25.0 Å². The number of fused-ring (bicyclic) bond motifs is 1. The van der Waals surface area contributed by atoms with Crippen LogP contribution in [0.2, 0.25) is 0 Å². The SMILES string of the molecule is C[C@](C#N)(NC(=O)COC(=O)c1cc2cc([N+](=O)[O-])ccc2s1)C1CC1. The molecular formula is C17H15N3O5S. The van der Waals surface area contributed by atoms with E-state index in [1.54, 1.807) is 13.0 Å². The van der Waals surface area contributed by atoms with Crippen LogP contribution in [0, 0.1) is 27.4 Å². The summed E-state index contributed by atoms with van der Waals surface area (Å²) in [5, 5.41) is 23.2. The van der Waals surface area contributed by atoms with E-state index in [2.05, 4.69) is 11.4 Å². The molecule has 0 aliphatic heterocycles. The van der Waals surface area contributed by atoms with E-state index in [0.717, 1.165) is 24.2 Å². The van der Waals surface area contributed by atoms with Crippen LogP contribution in [0.1, 0.15) is 29.4 Å². The van der Waals surface area contributed by atoms with Gasteiger partial charge in [-0.15, -0.1) is 11.3 Å². The normalized spacial score (nSPS) is 15.7. The van der Waals surface area contributed by atoms with Crippen molar-refractivity contribution in [3.63, 3.8) is 0 Å². The number of rotatable bonds is 6. The largest absolute Gasteiger partial charge is 0.451 e. The van der Waals surface area contributed by atoms with Crippen LogP contribution in [0.15, 0.2) is 24.3 Å². The number of nitrogens with one attached hydrogen (secondary N) is 1. The van der Waals surface area contributed by atoms with E-state index in [1.807, 2.05) is 0 Å². The summed E-state index contributed by atoms with van der Waals surface area (Å²) in [6.45, 7) is 1.17. The molecule has 0 unspecified atom stereocenters. The quantitative estimate of drug-likeness (QED) is 0.472. The molecule has 2 aromatic rings. The average molecular weight is 373 g/mol. The number of hydrogen-bond acceptors (Lipinski definition) is 7. The molecule has 1 saturated carbocycles. The Balaban J connectivity index is 1.63. The molecule has 0 bridgehead atoms. The maximum Gasteiger partial charge on any atom is 0.348 e. The molecule has 1 aliphatic rings. The van der Waals surface area contributed by atoms with Crippen LogP contribution >= 0.6 is 11.3 Å². The Kier molecular flexibility index (Phi) is 4.61. The number of carbonyl (C=O) groups excluding carboxylic acids is 2. The van der Waals surface area contributed by atoms with Crippen LogP contribution in [0.4, 0.5) is 5.69 Å². The van der Waals surface area contributed by atoms with Gasteiger partial charge in [0.2, 0.25) is 0 Å². The number of non-ortho nitro benzene ring substituents is 1. The van der Waals surface area contributed by atoms with Gasteiger partial charge >= 0.3 is 5.97 Å². The lowest BCUT2D eigenvalue weighted by Gasteiger charge is -2.22. The van der Waals surface area contributed by atoms with Crippen molar-refractivity contribution in [3.05, 3.63) is 39.3 Å². The Morgan fingerprint density at radius 1 is 1.46 bits per heavy atom. The van der Waals surface area contributed by atoms with Crippen molar-refractivity contribution in [2.75, 3.05) is 6.61 Å². The molecule has 1 aliphatic carbocycles. The molecule has 1 fully saturated rings. The zero-order valence-electron chi connectivity index (χ0n) is 13.9. The molecule has 26 heavy (non-hydrogen) atoms. The topological polar surface area (TPSA) is 122 Å². The fourth-order valence-electron chi connectivity index (χ4n) is 2.65. The van der Waals surface area contributed by atoms with Crippen molar-refractivity contribution >= 4 is 39.0 Å². The van der Waals surface area contributed by atoms with Crippen molar-refractivity contribution in [1.82, 2.24) is 5.32 Å². The lowest BCUT2D eigenvalue weighted by Crippen LogP contribution is -2.48. The van der Waals surface area contributed by atoms with Crippen LogP contribution in [0.25, 0.3) is 10.1 Å². The van der Waals surface area contributed by atoms with Gasteiger partial charge in [0.05, 0.1) is 11.0 Å². The van der Waals surface area contributed by atoms with Gasteiger partial charge in [0.25, 0.3) is 11.6 Å². The lowest BCUT2D eigenvalue weighted by molar-refractivity contribution is -0.384. The summed E-state index contributed by atoms with van der Waals surface area (Å²) in [4.78, 5) is 34.6. The van der Waals surface area contributed by atoms with Crippen molar-refractivity contribution in [2.24, 2.45) is 5.92 Å². The molecule has 9 heteroatoms. The highest BCUT2D eigenvalue weighted by Crippen LogP contribution is 2.39. The lowest BCUT2D eigenvalue weighted by atomic mass is 9.98. The highest BCUT2D eigenvalue weighted by atomic mass is 32.1. The third-order valence-electron chi connectivity index (χ3n) is 4.27. The van der Waals surface area contributed by atoms with Gasteiger partial charge in [0, 0.05) is 22.2 Å². The number of ether oxygens (including phenoxy) is 1. The summed E-state index contributed by atoms with van der Waals surface area (Å²) in [7, 11) is 0. The molecule has 134 valence electrons. The van der Waals surface area contributed by atoms with E-state index >= 15 is 0 Å². The van der Waals surface area contributed by atoms with Crippen LogP contribution in [0.5, 0.6) is 0 Å². The summed E-state index contributed by atoms with van der Waals surface area (Å²) >= 11 is 1.13. The van der Waals surface area contributed by atoms with Crippen LogP contribution < -0.4 is 5.32 Å². The Morgan fingerprint density at radius 2 is 2.19 bits per heavy atom. The molecule has 0 spiro atoms. The molecule has 0 radical (unpaired) electrons. The van der Waals surface area contributed by atoms with Gasteiger partial charge in [-0.2, -0.15) is 5.26 Å². The summed E-state index contributed by atoms with van der Waals surface area (Å²) in [5.74, 6) is -1.09. The van der Waals surface area contributed by atoms with E-state index in [4.69, 9.17) is 4.74 Å². The van der Waals surface area contributed by atoms with Crippen molar-refractivity contribution < 1.29 is 19.2 Å². The molecule has 1 aromatic heterocycles. The highest BCUT2D eigenvalue weighted by molar-refractivity contribution is 7.20. The molecular weight excluding hydrogens is 358 g/mol. The fraction of sp³-hybridized carbons (Fsp3) is 0.353. The monoisotopic (exact) mass is 373 g/mol. The second kappa shape index (κ2) is 6.72. The second-order valence-electron chi connectivity index (χ2n) is 6.30. The minimum Gasteiger partial charge on any atom is -0.451 e. The summed E-state index contributed by atoms with van der Waals surface area (Å²) in [5.41, 5.74) is -1.01. The number of carbonyl (C=O) groups is 2. The fourth-order valence-corrected chi connectivity index (χ4v) is 3.59. The van der Waals surface area contributed by atoms with Crippen LogP contribution in [-0.2, 0) is 9.53 Å². The summed E-state index contributed by atoms with van der Waals surface area (Å²) in [6.07, 6.45) is 1.77. The molecule has 3 rings (SSSR count). The number of amides is 1. The van der Waals surface area contributed by atoms with E-state index in [0.29, 0.717) is 10.1 Å². The standard InChI is InChI=1S/C17H15N3O5S/c1-17(9-18,11-2-3-11)19-15(21)8-25-16(22)14-7-10-6-12(20(23)24)4-5-13(10)26-14/h4-7,11H,2-3,8H2,1H3,(H,19,21)/t17-/m1/s1. The number of esters is 1. The molecule has 1 aromatic carbocycles. The summed E-state index contributed by atoms with van der Waals surface area (Å²) in [6, 6.07) is 7.90. The predicted octanol–water partition coefficient (Wildman–Crippen LogP) is 2.77. The Hall–Kier alpha value is -2.99. The summed E-state index contributed by atoms with van der Waals surface area (Å²) < 4.78 is 5.71. The first kappa shape index (κ1) is 17.8. The first-order valence-electron chi connectivity index (χ1n) is 7.90. The molecule has 1 heterocycles. The first-order chi connectivity index (χ1) is 12.3. The Bertz CT molecular complexity index is 944. The van der Waals surface area contributed by atoms with Gasteiger partial charge < -0.3 is 10.1 Å². The number of nitro benzene ring substituents is 1. The van der Waals surface area contributed by atoms with Gasteiger partial charge in [0.1, 0.15) is 10.4 Å². The molecule has 1 N–H and O–H groups in total. The first-order valence-corrected chi connectivity index (χ1v) is 8.71. The zero-order valence-corrected chi connectivity index (χ0v) is 14.7. The van der Waals surface area contributed by atoms with Gasteiger partial charge in [-0.05, 0) is 37.8 Å². The Morgan fingerprint density at radius 3 is 2.81 bits per heavy atom. The third-order valence-corrected chi connectivity index (χ3v) is 5.37. The maximum atomic E-state index is 12.1. The number of hydrogen-bond donors (Lipinski definition) is 1. The van der Waals surface area contributed by atoms with E-state index in [-0.39, 0.29) is 16.5 Å².